The first-order valence-electron chi connectivity index (χ1n) is 8.96. The third-order valence-electron chi connectivity index (χ3n) is 4.27. The number of amides is 2. The molecule has 0 aliphatic rings. The molecule has 0 saturated heterocycles. The lowest BCUT2D eigenvalue weighted by Crippen LogP contribution is -2.28. The summed E-state index contributed by atoms with van der Waals surface area (Å²) < 4.78 is 24.4. The molecular formula is C21H24N2O4S. The number of carbonyl (C=O) groups is 2. The van der Waals surface area contributed by atoms with E-state index in [2.05, 4.69) is 17.2 Å². The number of nitrogens with one attached hydrogen (secondary N) is 2. The SMILES string of the molecule is C=CC(=O)NCc1ccccc1C(=O)NCCc1ccccc1S(=O)(=O)CC. The smallest absolute Gasteiger partial charge is 0.251 e. The number of carbonyl (C=O) groups excluding carboxylic acids is 2. The lowest BCUT2D eigenvalue weighted by atomic mass is 10.1. The maximum Gasteiger partial charge on any atom is 0.251 e. The van der Waals surface area contributed by atoms with E-state index in [4.69, 9.17) is 0 Å². The summed E-state index contributed by atoms with van der Waals surface area (Å²) in [7, 11) is -3.32. The van der Waals surface area contributed by atoms with Crippen molar-refractivity contribution in [1.29, 1.82) is 0 Å². The van der Waals surface area contributed by atoms with Crippen molar-refractivity contribution >= 4 is 21.7 Å². The summed E-state index contributed by atoms with van der Waals surface area (Å²) in [4.78, 5) is 24.2. The van der Waals surface area contributed by atoms with Gasteiger partial charge in [-0.2, -0.15) is 0 Å². The average molecular weight is 401 g/mol. The van der Waals surface area contributed by atoms with Crippen molar-refractivity contribution in [3.63, 3.8) is 0 Å². The lowest BCUT2D eigenvalue weighted by Gasteiger charge is -2.12. The minimum Gasteiger partial charge on any atom is -0.352 e. The second-order valence-corrected chi connectivity index (χ2v) is 8.34. The highest BCUT2D eigenvalue weighted by Gasteiger charge is 2.16. The summed E-state index contributed by atoms with van der Waals surface area (Å²) >= 11 is 0. The number of rotatable bonds is 9. The Morgan fingerprint density at radius 1 is 1.00 bits per heavy atom. The molecule has 2 aromatic rings. The molecule has 2 N–H and O–H groups in total. The highest BCUT2D eigenvalue weighted by atomic mass is 32.2. The van der Waals surface area contributed by atoms with Gasteiger partial charge in [-0.05, 0) is 35.8 Å². The first kappa shape index (κ1) is 21.4. The van der Waals surface area contributed by atoms with Gasteiger partial charge in [0, 0.05) is 18.7 Å². The molecule has 2 amide bonds. The van der Waals surface area contributed by atoms with Gasteiger partial charge in [-0.3, -0.25) is 9.59 Å². The molecule has 6 nitrogen and oxygen atoms in total. The summed E-state index contributed by atoms with van der Waals surface area (Å²) in [6, 6.07) is 13.8. The maximum atomic E-state index is 12.5. The summed E-state index contributed by atoms with van der Waals surface area (Å²) in [5.74, 6) is -0.566. The van der Waals surface area contributed by atoms with Gasteiger partial charge in [-0.25, -0.2) is 8.42 Å². The molecule has 28 heavy (non-hydrogen) atoms. The van der Waals surface area contributed by atoms with Crippen LogP contribution in [-0.4, -0.2) is 32.5 Å². The Bertz CT molecular complexity index is 968. The molecule has 0 radical (unpaired) electrons. The van der Waals surface area contributed by atoms with Crippen LogP contribution in [-0.2, 0) is 27.6 Å². The van der Waals surface area contributed by atoms with E-state index in [1.54, 1.807) is 55.5 Å². The van der Waals surface area contributed by atoms with Crippen molar-refractivity contribution in [2.45, 2.75) is 24.8 Å². The van der Waals surface area contributed by atoms with Crippen molar-refractivity contribution in [3.8, 4) is 0 Å². The van der Waals surface area contributed by atoms with E-state index in [9.17, 15) is 18.0 Å². The average Bonchev–Trinajstić information content (AvgIpc) is 2.72. The highest BCUT2D eigenvalue weighted by Crippen LogP contribution is 2.17. The van der Waals surface area contributed by atoms with Gasteiger partial charge in [0.1, 0.15) is 0 Å². The van der Waals surface area contributed by atoms with Gasteiger partial charge in [0.15, 0.2) is 9.84 Å². The topological polar surface area (TPSA) is 92.3 Å². The number of hydrogen-bond donors (Lipinski definition) is 2. The minimum absolute atomic E-state index is 0.0280. The fourth-order valence-electron chi connectivity index (χ4n) is 2.73. The van der Waals surface area contributed by atoms with Gasteiger partial charge in [0.2, 0.25) is 5.91 Å². The molecule has 0 bridgehead atoms. The molecule has 0 aliphatic carbocycles. The molecule has 0 spiro atoms. The predicted molar refractivity (Wildman–Crippen MR) is 109 cm³/mol. The molecule has 0 atom stereocenters. The van der Waals surface area contributed by atoms with Gasteiger partial charge in [-0.1, -0.05) is 49.9 Å². The Morgan fingerprint density at radius 3 is 2.32 bits per heavy atom. The summed E-state index contributed by atoms with van der Waals surface area (Å²) in [5, 5.41) is 5.47. The van der Waals surface area contributed by atoms with E-state index in [1.807, 2.05) is 0 Å². The number of hydrogen-bond acceptors (Lipinski definition) is 4. The van der Waals surface area contributed by atoms with Crippen molar-refractivity contribution in [2.24, 2.45) is 0 Å². The van der Waals surface area contributed by atoms with Crippen molar-refractivity contribution in [3.05, 3.63) is 77.9 Å². The molecule has 0 heterocycles. The minimum atomic E-state index is -3.32. The van der Waals surface area contributed by atoms with Crippen LogP contribution in [0.3, 0.4) is 0 Å². The van der Waals surface area contributed by atoms with Gasteiger partial charge >= 0.3 is 0 Å². The molecule has 2 rings (SSSR count). The fourth-order valence-corrected chi connectivity index (χ4v) is 3.89. The van der Waals surface area contributed by atoms with Crippen LogP contribution in [0, 0.1) is 0 Å². The molecule has 2 aromatic carbocycles. The Labute approximate surface area is 165 Å². The monoisotopic (exact) mass is 400 g/mol. The van der Waals surface area contributed by atoms with Crippen LogP contribution in [0.1, 0.15) is 28.4 Å². The summed E-state index contributed by atoms with van der Waals surface area (Å²) in [5.41, 5.74) is 1.82. The van der Waals surface area contributed by atoms with E-state index in [1.165, 1.54) is 6.08 Å². The molecule has 148 valence electrons. The first-order chi connectivity index (χ1) is 13.4. The Kier molecular flexibility index (Phi) is 7.52. The van der Waals surface area contributed by atoms with Crippen molar-refractivity contribution in [2.75, 3.05) is 12.3 Å². The molecule has 0 unspecified atom stereocenters. The number of sulfone groups is 1. The Balaban J connectivity index is 2.05. The van der Waals surface area contributed by atoms with E-state index in [0.717, 1.165) is 0 Å². The second-order valence-electron chi connectivity index (χ2n) is 6.10. The number of benzene rings is 2. The zero-order valence-corrected chi connectivity index (χ0v) is 16.6. The molecular weight excluding hydrogens is 376 g/mol. The normalized spacial score (nSPS) is 10.9. The largest absolute Gasteiger partial charge is 0.352 e. The van der Waals surface area contributed by atoms with E-state index in [-0.39, 0.29) is 24.1 Å². The molecule has 0 fully saturated rings. The van der Waals surface area contributed by atoms with Gasteiger partial charge in [0.25, 0.3) is 5.91 Å². The maximum absolute atomic E-state index is 12.5. The molecule has 0 saturated carbocycles. The van der Waals surface area contributed by atoms with Crippen LogP contribution < -0.4 is 10.6 Å². The van der Waals surface area contributed by atoms with Crippen LogP contribution in [0.5, 0.6) is 0 Å². The quantitative estimate of drug-likeness (QED) is 0.632. The Morgan fingerprint density at radius 2 is 1.64 bits per heavy atom. The van der Waals surface area contributed by atoms with E-state index >= 15 is 0 Å². The lowest BCUT2D eigenvalue weighted by molar-refractivity contribution is -0.116. The third-order valence-corrected chi connectivity index (χ3v) is 6.10. The zero-order chi connectivity index (χ0) is 20.6. The van der Waals surface area contributed by atoms with Gasteiger partial charge in [-0.15, -0.1) is 0 Å². The van der Waals surface area contributed by atoms with Crippen LogP contribution in [0.4, 0.5) is 0 Å². The van der Waals surface area contributed by atoms with Crippen LogP contribution in [0.25, 0.3) is 0 Å². The third kappa shape index (κ3) is 5.53. The first-order valence-corrected chi connectivity index (χ1v) is 10.6. The van der Waals surface area contributed by atoms with Crippen LogP contribution in [0.15, 0.2) is 66.1 Å². The van der Waals surface area contributed by atoms with Crippen LogP contribution in [0.2, 0.25) is 0 Å². The fraction of sp³-hybridized carbons (Fsp3) is 0.238. The van der Waals surface area contributed by atoms with Gasteiger partial charge in [0.05, 0.1) is 10.6 Å². The highest BCUT2D eigenvalue weighted by molar-refractivity contribution is 7.91. The second kappa shape index (κ2) is 9.85. The predicted octanol–water partition coefficient (Wildman–Crippen LogP) is 2.25. The van der Waals surface area contributed by atoms with E-state index < -0.39 is 9.84 Å². The molecule has 0 aromatic heterocycles. The summed E-state index contributed by atoms with van der Waals surface area (Å²) in [6.45, 7) is 5.51. The van der Waals surface area contributed by atoms with Gasteiger partial charge < -0.3 is 10.6 Å². The summed E-state index contributed by atoms with van der Waals surface area (Å²) in [6.07, 6.45) is 1.57. The molecule has 0 aliphatic heterocycles. The molecule has 7 heteroatoms. The van der Waals surface area contributed by atoms with Crippen molar-refractivity contribution < 1.29 is 18.0 Å². The zero-order valence-electron chi connectivity index (χ0n) is 15.8. The van der Waals surface area contributed by atoms with E-state index in [0.29, 0.717) is 34.6 Å². The van der Waals surface area contributed by atoms with Crippen molar-refractivity contribution in [1.82, 2.24) is 10.6 Å². The standard InChI is InChI=1S/C21H24N2O4S/c1-3-20(24)23-15-17-10-5-7-11-18(17)21(25)22-14-13-16-9-6-8-12-19(16)28(26,27)4-2/h3,5-12H,1,4,13-15H2,2H3,(H,22,25)(H,23,24). The Hall–Kier alpha value is -2.93. The van der Waals surface area contributed by atoms with Crippen LogP contribution >= 0.6 is 0 Å².